The van der Waals surface area contributed by atoms with Crippen molar-refractivity contribution in [2.24, 2.45) is 10.8 Å². The van der Waals surface area contributed by atoms with Crippen LogP contribution in [0.25, 0.3) is 6.08 Å². The lowest BCUT2D eigenvalue weighted by molar-refractivity contribution is -0.120. The third-order valence-electron chi connectivity index (χ3n) is 4.01. The van der Waals surface area contributed by atoms with Crippen LogP contribution in [0.5, 0.6) is 11.5 Å². The predicted octanol–water partition coefficient (Wildman–Crippen LogP) is 2.76. The molecule has 2 N–H and O–H groups in total. The zero-order valence-electron chi connectivity index (χ0n) is 15.7. The number of ether oxygens (including phenoxy) is 2. The Hall–Kier alpha value is -3.61. The highest BCUT2D eigenvalue weighted by Crippen LogP contribution is 2.31. The van der Waals surface area contributed by atoms with Crippen LogP contribution in [0.1, 0.15) is 19.4 Å². The fourth-order valence-electron chi connectivity index (χ4n) is 2.75. The standard InChI is InChI=1S/C21H21N3O4/c1-3-27-19-12-15(9-10-18(19)28-13-20(22)25)11-17-14(2)23-24(21(17)26)16-7-5-4-6-8-16/h4-12H,3,13H2,1-2H3,(H2,22,25)/b17-11-. The van der Waals surface area contributed by atoms with E-state index >= 15 is 0 Å². The number of carbonyl (C=O) groups is 2. The smallest absolute Gasteiger partial charge is 0.280 e. The number of rotatable bonds is 7. The summed E-state index contributed by atoms with van der Waals surface area (Å²) in [6, 6.07) is 14.5. The number of nitrogens with two attached hydrogens (primary N) is 1. The first-order chi connectivity index (χ1) is 13.5. The number of para-hydroxylation sites is 1. The van der Waals surface area contributed by atoms with E-state index in [1.165, 1.54) is 5.01 Å². The molecular weight excluding hydrogens is 358 g/mol. The van der Waals surface area contributed by atoms with Crippen LogP contribution in [-0.2, 0) is 9.59 Å². The van der Waals surface area contributed by atoms with Crippen LogP contribution in [-0.4, -0.2) is 30.7 Å². The molecule has 0 atom stereocenters. The van der Waals surface area contributed by atoms with Gasteiger partial charge in [-0.15, -0.1) is 0 Å². The van der Waals surface area contributed by atoms with Crippen LogP contribution in [0, 0.1) is 0 Å². The van der Waals surface area contributed by atoms with Crippen molar-refractivity contribution in [1.29, 1.82) is 0 Å². The molecule has 0 unspecified atom stereocenters. The number of anilines is 1. The highest BCUT2D eigenvalue weighted by molar-refractivity contribution is 6.32. The van der Waals surface area contributed by atoms with Crippen molar-refractivity contribution in [3.05, 3.63) is 59.7 Å². The first-order valence-electron chi connectivity index (χ1n) is 8.84. The van der Waals surface area contributed by atoms with E-state index in [1.807, 2.05) is 37.3 Å². The Kier molecular flexibility index (Phi) is 5.74. The third-order valence-corrected chi connectivity index (χ3v) is 4.01. The maximum Gasteiger partial charge on any atom is 0.280 e. The van der Waals surface area contributed by atoms with Crippen LogP contribution in [0.2, 0.25) is 0 Å². The number of hydrazone groups is 1. The van der Waals surface area contributed by atoms with E-state index in [9.17, 15) is 9.59 Å². The molecule has 1 aliphatic heterocycles. The normalized spacial score (nSPS) is 14.9. The van der Waals surface area contributed by atoms with Gasteiger partial charge >= 0.3 is 0 Å². The number of hydrogen-bond donors (Lipinski definition) is 1. The van der Waals surface area contributed by atoms with Gasteiger partial charge in [0.05, 0.1) is 23.6 Å². The summed E-state index contributed by atoms with van der Waals surface area (Å²) in [5, 5.41) is 5.75. The summed E-state index contributed by atoms with van der Waals surface area (Å²) >= 11 is 0. The van der Waals surface area contributed by atoms with Crippen LogP contribution in [0.4, 0.5) is 5.69 Å². The average molecular weight is 379 g/mol. The maximum absolute atomic E-state index is 12.8. The number of nitrogens with zero attached hydrogens (tertiary/aromatic N) is 2. The van der Waals surface area contributed by atoms with Crippen LogP contribution < -0.4 is 20.2 Å². The molecule has 2 aromatic rings. The van der Waals surface area contributed by atoms with Crippen molar-refractivity contribution in [2.75, 3.05) is 18.2 Å². The fraction of sp³-hybridized carbons (Fsp3) is 0.190. The maximum atomic E-state index is 12.8. The van der Waals surface area contributed by atoms with Crippen molar-refractivity contribution in [3.63, 3.8) is 0 Å². The van der Waals surface area contributed by atoms with Gasteiger partial charge in [0, 0.05) is 0 Å². The molecule has 144 valence electrons. The first kappa shape index (κ1) is 19.2. The second-order valence-corrected chi connectivity index (χ2v) is 6.09. The minimum atomic E-state index is -0.571. The number of benzene rings is 2. The van der Waals surface area contributed by atoms with Gasteiger partial charge in [0.2, 0.25) is 0 Å². The molecule has 0 bridgehead atoms. The summed E-state index contributed by atoms with van der Waals surface area (Å²) < 4.78 is 11.0. The molecule has 7 nitrogen and oxygen atoms in total. The number of carbonyl (C=O) groups excluding carboxylic acids is 2. The molecule has 1 aliphatic rings. The molecule has 7 heteroatoms. The molecule has 2 amide bonds. The average Bonchev–Trinajstić information content (AvgIpc) is 2.96. The molecule has 0 aromatic heterocycles. The molecule has 3 rings (SSSR count). The molecule has 0 spiro atoms. The van der Waals surface area contributed by atoms with Crippen LogP contribution >= 0.6 is 0 Å². The van der Waals surface area contributed by atoms with Crippen LogP contribution in [0.3, 0.4) is 0 Å². The van der Waals surface area contributed by atoms with Gasteiger partial charge < -0.3 is 15.2 Å². The molecule has 1 heterocycles. The van der Waals surface area contributed by atoms with Gasteiger partial charge in [-0.25, -0.2) is 0 Å². The van der Waals surface area contributed by atoms with Gasteiger partial charge in [-0.05, 0) is 49.8 Å². The van der Waals surface area contributed by atoms with E-state index in [4.69, 9.17) is 15.2 Å². The van der Waals surface area contributed by atoms with E-state index in [0.717, 1.165) is 5.56 Å². The van der Waals surface area contributed by atoms with Crippen molar-refractivity contribution < 1.29 is 19.1 Å². The van der Waals surface area contributed by atoms with E-state index in [0.29, 0.717) is 35.1 Å². The Morgan fingerprint density at radius 2 is 1.89 bits per heavy atom. The molecule has 0 radical (unpaired) electrons. The van der Waals surface area contributed by atoms with E-state index in [-0.39, 0.29) is 12.5 Å². The molecule has 0 fully saturated rings. The molecule has 0 aliphatic carbocycles. The monoisotopic (exact) mass is 379 g/mol. The number of hydrogen-bond acceptors (Lipinski definition) is 5. The van der Waals surface area contributed by atoms with Crippen molar-refractivity contribution in [3.8, 4) is 11.5 Å². The topological polar surface area (TPSA) is 94.2 Å². The fourth-order valence-corrected chi connectivity index (χ4v) is 2.75. The summed E-state index contributed by atoms with van der Waals surface area (Å²) in [6.45, 7) is 3.82. The van der Waals surface area contributed by atoms with Gasteiger partial charge in [-0.3, -0.25) is 9.59 Å². The highest BCUT2D eigenvalue weighted by atomic mass is 16.5. The third kappa shape index (κ3) is 4.20. The summed E-state index contributed by atoms with van der Waals surface area (Å²) in [7, 11) is 0. The number of amides is 2. The quantitative estimate of drug-likeness (QED) is 0.749. The van der Waals surface area contributed by atoms with E-state index in [1.54, 1.807) is 31.2 Å². The zero-order valence-corrected chi connectivity index (χ0v) is 15.7. The lowest BCUT2D eigenvalue weighted by atomic mass is 10.1. The van der Waals surface area contributed by atoms with E-state index < -0.39 is 5.91 Å². The molecular formula is C21H21N3O4. The molecule has 0 saturated carbocycles. The molecule has 28 heavy (non-hydrogen) atoms. The van der Waals surface area contributed by atoms with Crippen LogP contribution in [0.15, 0.2) is 59.2 Å². The summed E-state index contributed by atoms with van der Waals surface area (Å²) in [5.41, 5.74) is 7.71. The van der Waals surface area contributed by atoms with Gasteiger partial charge in [-0.2, -0.15) is 10.1 Å². The lowest BCUT2D eigenvalue weighted by Gasteiger charge is -2.12. The van der Waals surface area contributed by atoms with Crippen molar-refractivity contribution >= 4 is 29.3 Å². The van der Waals surface area contributed by atoms with E-state index in [2.05, 4.69) is 5.10 Å². The minimum absolute atomic E-state index is 0.198. The van der Waals surface area contributed by atoms with Gasteiger partial charge in [0.1, 0.15) is 0 Å². The Bertz CT molecular complexity index is 951. The SMILES string of the molecule is CCOc1cc(/C=C2\C(=O)N(c3ccccc3)N=C2C)ccc1OCC(N)=O. The van der Waals surface area contributed by atoms with Gasteiger partial charge in [-0.1, -0.05) is 24.3 Å². The predicted molar refractivity (Wildman–Crippen MR) is 107 cm³/mol. The summed E-state index contributed by atoms with van der Waals surface area (Å²) in [6.07, 6.45) is 1.75. The number of primary amides is 1. The van der Waals surface area contributed by atoms with Gasteiger partial charge in [0.25, 0.3) is 11.8 Å². The second-order valence-electron chi connectivity index (χ2n) is 6.09. The van der Waals surface area contributed by atoms with Gasteiger partial charge in [0.15, 0.2) is 18.1 Å². The zero-order chi connectivity index (χ0) is 20.1. The first-order valence-corrected chi connectivity index (χ1v) is 8.84. The lowest BCUT2D eigenvalue weighted by Crippen LogP contribution is -2.21. The van der Waals surface area contributed by atoms with Crippen molar-refractivity contribution in [2.45, 2.75) is 13.8 Å². The summed E-state index contributed by atoms with van der Waals surface area (Å²) in [5.74, 6) is 0.114. The second kappa shape index (κ2) is 8.39. The Balaban J connectivity index is 1.88. The highest BCUT2D eigenvalue weighted by Gasteiger charge is 2.28. The largest absolute Gasteiger partial charge is 0.490 e. The minimum Gasteiger partial charge on any atom is -0.490 e. The molecule has 2 aromatic carbocycles. The van der Waals surface area contributed by atoms with Crippen molar-refractivity contribution in [1.82, 2.24) is 0 Å². The Morgan fingerprint density at radius 1 is 1.14 bits per heavy atom. The summed E-state index contributed by atoms with van der Waals surface area (Å²) in [4.78, 5) is 23.8. The Morgan fingerprint density at radius 3 is 2.57 bits per heavy atom. The molecule has 0 saturated heterocycles. The Labute approximate surface area is 163 Å².